The molecule has 0 radical (unpaired) electrons. The van der Waals surface area contributed by atoms with Gasteiger partial charge in [0.25, 0.3) is 0 Å². The van der Waals surface area contributed by atoms with Gasteiger partial charge in [0.05, 0.1) is 6.29 Å². The highest BCUT2D eigenvalue weighted by molar-refractivity contribution is 7.78. The third-order valence-corrected chi connectivity index (χ3v) is 6.32. The number of hydrogen-bond donors (Lipinski definition) is 1. The van der Waals surface area contributed by atoms with Crippen molar-refractivity contribution in [2.45, 2.75) is 19.8 Å². The maximum absolute atomic E-state index is 13.5. The van der Waals surface area contributed by atoms with Gasteiger partial charge >= 0.3 is 0 Å². The van der Waals surface area contributed by atoms with Gasteiger partial charge in [-0.1, -0.05) is 74.0 Å². The van der Waals surface area contributed by atoms with Crippen LogP contribution in [0, 0.1) is 0 Å². The lowest BCUT2D eigenvalue weighted by molar-refractivity contribution is 0.579. The van der Waals surface area contributed by atoms with Gasteiger partial charge in [0.2, 0.25) is 0 Å². The highest BCUT2D eigenvalue weighted by atomic mass is 31.2. The number of benzene rings is 2. The van der Waals surface area contributed by atoms with Gasteiger partial charge in [-0.2, -0.15) is 0 Å². The molecule has 0 spiro atoms. The molecule has 20 heavy (non-hydrogen) atoms. The van der Waals surface area contributed by atoms with E-state index in [2.05, 4.69) is 12.2 Å². The molecular weight excluding hydrogens is 265 g/mol. The molecule has 0 aliphatic rings. The standard InChI is InChI=1S/C17H22NOP/c1-2-3-14-18-15-20(19,16-10-6-4-7-11-16)17-12-8-5-9-13-17/h4-13,18H,2-3,14-15H2,1H3. The van der Waals surface area contributed by atoms with Gasteiger partial charge in [0, 0.05) is 10.6 Å². The van der Waals surface area contributed by atoms with Crippen molar-refractivity contribution in [3.8, 4) is 0 Å². The molecule has 2 aromatic rings. The normalized spacial score (nSPS) is 11.4. The first-order valence-corrected chi connectivity index (χ1v) is 9.07. The highest BCUT2D eigenvalue weighted by Gasteiger charge is 2.26. The Morgan fingerprint density at radius 1 is 0.900 bits per heavy atom. The van der Waals surface area contributed by atoms with Crippen LogP contribution in [0.5, 0.6) is 0 Å². The van der Waals surface area contributed by atoms with Gasteiger partial charge in [0.1, 0.15) is 0 Å². The molecule has 0 saturated carbocycles. The van der Waals surface area contributed by atoms with E-state index >= 15 is 0 Å². The Balaban J connectivity index is 2.27. The Bertz CT molecular complexity index is 510. The molecule has 2 aromatic carbocycles. The summed E-state index contributed by atoms with van der Waals surface area (Å²) in [5, 5.41) is 5.21. The fourth-order valence-corrected chi connectivity index (χ4v) is 4.65. The molecule has 0 amide bonds. The summed E-state index contributed by atoms with van der Waals surface area (Å²) in [5.41, 5.74) is 0. The van der Waals surface area contributed by atoms with E-state index in [1.165, 1.54) is 0 Å². The predicted molar refractivity (Wildman–Crippen MR) is 87.5 cm³/mol. The van der Waals surface area contributed by atoms with Crippen LogP contribution in [0.2, 0.25) is 0 Å². The van der Waals surface area contributed by atoms with Crippen molar-refractivity contribution in [2.24, 2.45) is 0 Å². The average molecular weight is 287 g/mol. The van der Waals surface area contributed by atoms with Crippen LogP contribution < -0.4 is 15.9 Å². The maximum atomic E-state index is 13.5. The molecule has 2 nitrogen and oxygen atoms in total. The molecule has 0 saturated heterocycles. The van der Waals surface area contributed by atoms with Crippen LogP contribution in [0.3, 0.4) is 0 Å². The van der Waals surface area contributed by atoms with Crippen LogP contribution in [0.4, 0.5) is 0 Å². The summed E-state index contributed by atoms with van der Waals surface area (Å²) < 4.78 is 13.5. The fraction of sp³-hybridized carbons (Fsp3) is 0.294. The van der Waals surface area contributed by atoms with E-state index in [0.29, 0.717) is 6.29 Å². The lowest BCUT2D eigenvalue weighted by atomic mass is 10.3. The Kier molecular flexibility index (Phi) is 5.58. The van der Waals surface area contributed by atoms with Gasteiger partial charge in [-0.3, -0.25) is 0 Å². The number of unbranched alkanes of at least 4 members (excludes halogenated alkanes) is 1. The van der Waals surface area contributed by atoms with Crippen LogP contribution >= 0.6 is 7.14 Å². The summed E-state index contributed by atoms with van der Waals surface area (Å²) in [6.45, 7) is 3.08. The lowest BCUT2D eigenvalue weighted by Gasteiger charge is -2.20. The SMILES string of the molecule is CCCCNCP(=O)(c1ccccc1)c1ccccc1. The summed E-state index contributed by atoms with van der Waals surface area (Å²) in [6, 6.07) is 19.6. The Labute approximate surface area is 121 Å². The van der Waals surface area contributed by atoms with Crippen molar-refractivity contribution in [1.29, 1.82) is 0 Å². The number of nitrogens with one attached hydrogen (secondary N) is 1. The molecule has 0 unspecified atom stereocenters. The Hall–Kier alpha value is -1.37. The third kappa shape index (κ3) is 3.59. The van der Waals surface area contributed by atoms with Gasteiger partial charge < -0.3 is 9.88 Å². The molecule has 0 bridgehead atoms. The zero-order chi connectivity index (χ0) is 14.3. The van der Waals surface area contributed by atoms with Crippen molar-refractivity contribution < 1.29 is 4.57 Å². The Morgan fingerprint density at radius 2 is 1.40 bits per heavy atom. The van der Waals surface area contributed by atoms with Crippen LogP contribution in [0.25, 0.3) is 0 Å². The van der Waals surface area contributed by atoms with E-state index < -0.39 is 7.14 Å². The molecule has 0 aliphatic heterocycles. The van der Waals surface area contributed by atoms with E-state index in [9.17, 15) is 4.57 Å². The van der Waals surface area contributed by atoms with Crippen molar-refractivity contribution in [1.82, 2.24) is 5.32 Å². The molecule has 0 aliphatic carbocycles. The molecule has 2 rings (SSSR count). The second kappa shape index (κ2) is 7.42. The monoisotopic (exact) mass is 287 g/mol. The first kappa shape index (κ1) is 15.0. The molecule has 1 N–H and O–H groups in total. The van der Waals surface area contributed by atoms with Crippen LogP contribution in [0.1, 0.15) is 19.8 Å². The first-order chi connectivity index (χ1) is 9.77. The quantitative estimate of drug-likeness (QED) is 0.625. The molecule has 0 atom stereocenters. The second-order valence-electron chi connectivity index (χ2n) is 4.92. The Morgan fingerprint density at radius 3 is 1.85 bits per heavy atom. The molecular formula is C17H22NOP. The zero-order valence-electron chi connectivity index (χ0n) is 12.0. The van der Waals surface area contributed by atoms with Crippen LogP contribution in [-0.2, 0) is 4.57 Å². The van der Waals surface area contributed by atoms with Crippen molar-refractivity contribution >= 4 is 17.8 Å². The number of hydrogen-bond acceptors (Lipinski definition) is 2. The highest BCUT2D eigenvalue weighted by Crippen LogP contribution is 2.41. The van der Waals surface area contributed by atoms with E-state index in [0.717, 1.165) is 30.0 Å². The first-order valence-electron chi connectivity index (χ1n) is 7.18. The summed E-state index contributed by atoms with van der Waals surface area (Å²) in [5.74, 6) is 0. The fourth-order valence-electron chi connectivity index (χ4n) is 2.21. The third-order valence-electron chi connectivity index (χ3n) is 3.39. The second-order valence-corrected chi connectivity index (χ2v) is 7.75. The number of rotatable bonds is 7. The summed E-state index contributed by atoms with van der Waals surface area (Å²) in [7, 11) is -2.58. The average Bonchev–Trinajstić information content (AvgIpc) is 2.53. The summed E-state index contributed by atoms with van der Waals surface area (Å²) in [6.07, 6.45) is 2.79. The topological polar surface area (TPSA) is 29.1 Å². The van der Waals surface area contributed by atoms with Crippen LogP contribution in [-0.4, -0.2) is 12.8 Å². The maximum Gasteiger partial charge on any atom is 0.156 e. The van der Waals surface area contributed by atoms with Crippen LogP contribution in [0.15, 0.2) is 60.7 Å². The predicted octanol–water partition coefficient (Wildman–Crippen LogP) is 3.35. The minimum atomic E-state index is -2.58. The van der Waals surface area contributed by atoms with E-state index in [1.54, 1.807) is 0 Å². The van der Waals surface area contributed by atoms with Crippen molar-refractivity contribution in [3.05, 3.63) is 60.7 Å². The molecule has 0 aromatic heterocycles. The molecule has 3 heteroatoms. The van der Waals surface area contributed by atoms with E-state index in [4.69, 9.17) is 0 Å². The molecule has 0 heterocycles. The smallest absolute Gasteiger partial charge is 0.156 e. The largest absolute Gasteiger partial charge is 0.312 e. The lowest BCUT2D eigenvalue weighted by Crippen LogP contribution is -2.27. The van der Waals surface area contributed by atoms with Gasteiger partial charge in [-0.05, 0) is 13.0 Å². The van der Waals surface area contributed by atoms with Gasteiger partial charge in [-0.15, -0.1) is 0 Å². The molecule has 0 fully saturated rings. The summed E-state index contributed by atoms with van der Waals surface area (Å²) >= 11 is 0. The zero-order valence-corrected chi connectivity index (χ0v) is 12.9. The van der Waals surface area contributed by atoms with Crippen molar-refractivity contribution in [2.75, 3.05) is 12.8 Å². The molecule has 106 valence electrons. The minimum Gasteiger partial charge on any atom is -0.312 e. The van der Waals surface area contributed by atoms with E-state index in [1.807, 2.05) is 60.7 Å². The van der Waals surface area contributed by atoms with E-state index in [-0.39, 0.29) is 0 Å². The van der Waals surface area contributed by atoms with Crippen molar-refractivity contribution in [3.63, 3.8) is 0 Å². The summed E-state index contributed by atoms with van der Waals surface area (Å²) in [4.78, 5) is 0. The van der Waals surface area contributed by atoms with Gasteiger partial charge in [0.15, 0.2) is 7.14 Å². The van der Waals surface area contributed by atoms with Gasteiger partial charge in [-0.25, -0.2) is 0 Å². The minimum absolute atomic E-state index is 0.529.